The van der Waals surface area contributed by atoms with Gasteiger partial charge in [0, 0.05) is 12.1 Å². The second-order valence-electron chi connectivity index (χ2n) is 5.96. The molecule has 2 heterocycles. The summed E-state index contributed by atoms with van der Waals surface area (Å²) in [6.07, 6.45) is 2.20. The highest BCUT2D eigenvalue weighted by Crippen LogP contribution is 2.27. The van der Waals surface area contributed by atoms with Gasteiger partial charge in [-0.15, -0.1) is 0 Å². The first-order chi connectivity index (χ1) is 11.6. The van der Waals surface area contributed by atoms with Crippen LogP contribution in [0.3, 0.4) is 0 Å². The van der Waals surface area contributed by atoms with Crippen molar-refractivity contribution in [1.82, 2.24) is 15.2 Å². The molecule has 0 spiro atoms. The SMILES string of the molecule is Cc1nc(N)sc1C(=O)NC[C@H](c1ccccc1F)N1CCCC1. The van der Waals surface area contributed by atoms with Crippen molar-refractivity contribution in [1.29, 1.82) is 0 Å². The van der Waals surface area contributed by atoms with E-state index in [9.17, 15) is 9.18 Å². The highest BCUT2D eigenvalue weighted by molar-refractivity contribution is 7.17. The van der Waals surface area contributed by atoms with Crippen LogP contribution in [0, 0.1) is 12.7 Å². The quantitative estimate of drug-likeness (QED) is 0.872. The molecule has 1 aromatic carbocycles. The summed E-state index contributed by atoms with van der Waals surface area (Å²) in [4.78, 5) is 19.2. The molecule has 3 N–H and O–H groups in total. The van der Waals surface area contributed by atoms with Crippen molar-refractivity contribution < 1.29 is 9.18 Å². The molecule has 1 aromatic heterocycles. The average molecular weight is 348 g/mol. The molecule has 2 aromatic rings. The second-order valence-corrected chi connectivity index (χ2v) is 6.99. The Balaban J connectivity index is 1.76. The minimum absolute atomic E-state index is 0.164. The van der Waals surface area contributed by atoms with Gasteiger partial charge in [0.2, 0.25) is 0 Å². The third-order valence-electron chi connectivity index (χ3n) is 4.32. The molecule has 0 saturated carbocycles. The predicted octanol–water partition coefficient (Wildman–Crippen LogP) is 2.74. The summed E-state index contributed by atoms with van der Waals surface area (Å²) in [5.74, 6) is -0.441. The van der Waals surface area contributed by atoms with E-state index in [-0.39, 0.29) is 17.8 Å². The first-order valence-electron chi connectivity index (χ1n) is 8.06. The van der Waals surface area contributed by atoms with Crippen molar-refractivity contribution >= 4 is 22.4 Å². The fourth-order valence-electron chi connectivity index (χ4n) is 3.13. The summed E-state index contributed by atoms with van der Waals surface area (Å²) in [6.45, 7) is 3.95. The third-order valence-corrected chi connectivity index (χ3v) is 5.31. The van der Waals surface area contributed by atoms with E-state index in [1.807, 2.05) is 6.07 Å². The number of anilines is 1. The largest absolute Gasteiger partial charge is 0.375 e. The Morgan fingerprint density at radius 3 is 2.75 bits per heavy atom. The first kappa shape index (κ1) is 16.9. The molecule has 1 aliphatic heterocycles. The van der Waals surface area contributed by atoms with E-state index in [2.05, 4.69) is 15.2 Å². The minimum atomic E-state index is -0.234. The lowest BCUT2D eigenvalue weighted by molar-refractivity contribution is 0.0940. The summed E-state index contributed by atoms with van der Waals surface area (Å²) < 4.78 is 14.2. The molecule has 7 heteroatoms. The van der Waals surface area contributed by atoms with Crippen LogP contribution in [0.1, 0.15) is 39.8 Å². The molecule has 1 fully saturated rings. The lowest BCUT2D eigenvalue weighted by Crippen LogP contribution is -2.37. The number of carbonyl (C=O) groups is 1. The van der Waals surface area contributed by atoms with Crippen molar-refractivity contribution in [2.75, 3.05) is 25.4 Å². The van der Waals surface area contributed by atoms with Crippen LogP contribution in [-0.4, -0.2) is 35.4 Å². The average Bonchev–Trinajstić information content (AvgIpc) is 3.19. The molecule has 0 radical (unpaired) electrons. The maximum atomic E-state index is 14.2. The predicted molar refractivity (Wildman–Crippen MR) is 93.5 cm³/mol. The molecule has 1 aliphatic rings. The molecule has 128 valence electrons. The summed E-state index contributed by atoms with van der Waals surface area (Å²) >= 11 is 1.17. The van der Waals surface area contributed by atoms with Crippen LogP contribution >= 0.6 is 11.3 Å². The number of benzene rings is 1. The number of likely N-dealkylation sites (tertiary alicyclic amines) is 1. The van der Waals surface area contributed by atoms with Gasteiger partial charge in [0.15, 0.2) is 5.13 Å². The van der Waals surface area contributed by atoms with Crippen LogP contribution in [-0.2, 0) is 0 Å². The van der Waals surface area contributed by atoms with Crippen molar-refractivity contribution in [2.24, 2.45) is 0 Å². The highest BCUT2D eigenvalue weighted by Gasteiger charge is 2.26. The van der Waals surface area contributed by atoms with Crippen LogP contribution in [0.4, 0.5) is 9.52 Å². The summed E-state index contributed by atoms with van der Waals surface area (Å²) in [7, 11) is 0. The van der Waals surface area contributed by atoms with Gasteiger partial charge in [-0.1, -0.05) is 29.5 Å². The number of nitrogens with zero attached hydrogens (tertiary/aromatic N) is 2. The highest BCUT2D eigenvalue weighted by atomic mass is 32.1. The molecule has 1 atom stereocenters. The van der Waals surface area contributed by atoms with E-state index >= 15 is 0 Å². The van der Waals surface area contributed by atoms with Crippen LogP contribution in [0.15, 0.2) is 24.3 Å². The Morgan fingerprint density at radius 1 is 1.42 bits per heavy atom. The lowest BCUT2D eigenvalue weighted by Gasteiger charge is -2.28. The number of carbonyl (C=O) groups excluding carboxylic acids is 1. The second kappa shape index (κ2) is 7.27. The normalized spacial score (nSPS) is 16.2. The Labute approximate surface area is 144 Å². The van der Waals surface area contributed by atoms with Gasteiger partial charge in [-0.2, -0.15) is 0 Å². The number of nitrogens with two attached hydrogens (primary N) is 1. The summed E-state index contributed by atoms with van der Waals surface area (Å²) in [5, 5.41) is 3.30. The number of thiazole rings is 1. The molecule has 0 unspecified atom stereocenters. The van der Waals surface area contributed by atoms with E-state index < -0.39 is 0 Å². The third kappa shape index (κ3) is 3.57. The maximum absolute atomic E-state index is 14.2. The van der Waals surface area contributed by atoms with E-state index in [0.29, 0.717) is 27.8 Å². The van der Waals surface area contributed by atoms with Gasteiger partial charge in [0.25, 0.3) is 5.91 Å². The fourth-order valence-corrected chi connectivity index (χ4v) is 3.88. The topological polar surface area (TPSA) is 71.2 Å². The van der Waals surface area contributed by atoms with Gasteiger partial charge in [-0.05, 0) is 38.9 Å². The van der Waals surface area contributed by atoms with E-state index in [4.69, 9.17) is 5.73 Å². The zero-order chi connectivity index (χ0) is 17.1. The summed E-state index contributed by atoms with van der Waals surface area (Å²) in [5.41, 5.74) is 6.90. The Bertz CT molecular complexity index is 727. The van der Waals surface area contributed by atoms with Crippen molar-refractivity contribution in [2.45, 2.75) is 25.8 Å². The molecule has 0 bridgehead atoms. The van der Waals surface area contributed by atoms with Crippen molar-refractivity contribution in [3.05, 3.63) is 46.2 Å². The Morgan fingerprint density at radius 2 is 2.12 bits per heavy atom. The van der Waals surface area contributed by atoms with Gasteiger partial charge in [0.1, 0.15) is 10.7 Å². The maximum Gasteiger partial charge on any atom is 0.263 e. The zero-order valence-electron chi connectivity index (χ0n) is 13.6. The van der Waals surface area contributed by atoms with Gasteiger partial charge < -0.3 is 11.1 Å². The number of hydrogen-bond donors (Lipinski definition) is 2. The fraction of sp³-hybridized carbons (Fsp3) is 0.412. The molecule has 0 aliphatic carbocycles. The van der Waals surface area contributed by atoms with Gasteiger partial charge in [-0.25, -0.2) is 9.37 Å². The Hall–Kier alpha value is -1.99. The minimum Gasteiger partial charge on any atom is -0.375 e. The molecule has 5 nitrogen and oxygen atoms in total. The molecular formula is C17H21FN4OS. The standard InChI is InChI=1S/C17H21FN4OS/c1-11-15(24-17(19)21-11)16(23)20-10-14(22-8-4-5-9-22)12-6-2-3-7-13(12)18/h2-3,6-7,14H,4-5,8-10H2,1H3,(H2,19,21)(H,20,23)/t14-/m1/s1. The first-order valence-corrected chi connectivity index (χ1v) is 8.87. The molecular weight excluding hydrogens is 327 g/mol. The van der Waals surface area contributed by atoms with E-state index in [1.54, 1.807) is 19.1 Å². The van der Waals surface area contributed by atoms with Gasteiger partial charge in [-0.3, -0.25) is 9.69 Å². The van der Waals surface area contributed by atoms with E-state index in [1.165, 1.54) is 17.4 Å². The number of halogens is 1. The number of amides is 1. The molecule has 3 rings (SSSR count). The van der Waals surface area contributed by atoms with Crippen molar-refractivity contribution in [3.8, 4) is 0 Å². The molecule has 24 heavy (non-hydrogen) atoms. The number of rotatable bonds is 5. The van der Waals surface area contributed by atoms with Crippen LogP contribution in [0.25, 0.3) is 0 Å². The number of aryl methyl sites for hydroxylation is 1. The molecule has 1 amide bonds. The number of aromatic nitrogens is 1. The molecule has 1 saturated heterocycles. The zero-order valence-corrected chi connectivity index (χ0v) is 14.4. The van der Waals surface area contributed by atoms with Crippen LogP contribution in [0.2, 0.25) is 0 Å². The summed E-state index contributed by atoms with van der Waals surface area (Å²) in [6, 6.07) is 6.61. The number of nitrogens with one attached hydrogen (secondary N) is 1. The Kier molecular flexibility index (Phi) is 5.11. The van der Waals surface area contributed by atoms with E-state index in [0.717, 1.165) is 25.9 Å². The van der Waals surface area contributed by atoms with Crippen molar-refractivity contribution in [3.63, 3.8) is 0 Å². The van der Waals surface area contributed by atoms with Gasteiger partial charge >= 0.3 is 0 Å². The monoisotopic (exact) mass is 348 g/mol. The lowest BCUT2D eigenvalue weighted by atomic mass is 10.0. The van der Waals surface area contributed by atoms with Crippen LogP contribution < -0.4 is 11.1 Å². The smallest absolute Gasteiger partial charge is 0.263 e. The van der Waals surface area contributed by atoms with Gasteiger partial charge in [0.05, 0.1) is 11.7 Å². The number of hydrogen-bond acceptors (Lipinski definition) is 5. The number of nitrogen functional groups attached to an aromatic ring is 1. The van der Waals surface area contributed by atoms with Crippen LogP contribution in [0.5, 0.6) is 0 Å².